The third-order valence-corrected chi connectivity index (χ3v) is 7.20. The molecule has 184 valence electrons. The Hall–Kier alpha value is -2.51. The Labute approximate surface area is 193 Å². The lowest BCUT2D eigenvalue weighted by Crippen LogP contribution is -2.38. The first kappa shape index (κ1) is 24.6. The van der Waals surface area contributed by atoms with Crippen LogP contribution in [-0.2, 0) is 0 Å². The lowest BCUT2D eigenvalue weighted by molar-refractivity contribution is -0.224. The van der Waals surface area contributed by atoms with Gasteiger partial charge in [0, 0.05) is 17.7 Å². The quantitative estimate of drug-likeness (QED) is 0.305. The van der Waals surface area contributed by atoms with Crippen LogP contribution in [-0.4, -0.2) is 6.11 Å². The first-order chi connectivity index (χ1) is 16.1. The predicted octanol–water partition coefficient (Wildman–Crippen LogP) is 8.35. The van der Waals surface area contributed by atoms with Crippen LogP contribution in [0.5, 0.6) is 5.75 Å². The molecule has 0 bridgehead atoms. The molecule has 1 saturated carbocycles. The monoisotopic (exact) mass is 486 g/mol. The van der Waals surface area contributed by atoms with E-state index in [2.05, 4.69) is 4.74 Å². The van der Waals surface area contributed by atoms with Crippen molar-refractivity contribution in [2.75, 3.05) is 0 Å². The van der Waals surface area contributed by atoms with Crippen molar-refractivity contribution in [2.45, 2.75) is 58.0 Å². The van der Waals surface area contributed by atoms with E-state index in [0.717, 1.165) is 12.0 Å². The van der Waals surface area contributed by atoms with Gasteiger partial charge in [-0.15, -0.1) is 0 Å². The van der Waals surface area contributed by atoms with Crippen LogP contribution in [0.4, 0.5) is 30.7 Å². The van der Waals surface area contributed by atoms with E-state index >= 15 is 0 Å². The summed E-state index contributed by atoms with van der Waals surface area (Å²) >= 11 is 0. The molecule has 1 atom stereocenters. The zero-order valence-corrected chi connectivity index (χ0v) is 18.6. The Balaban J connectivity index is 1.35. The van der Waals surface area contributed by atoms with Crippen molar-refractivity contribution >= 4 is 5.57 Å². The molecular weight excluding hydrogens is 461 g/mol. The van der Waals surface area contributed by atoms with E-state index in [-0.39, 0.29) is 35.8 Å². The average Bonchev–Trinajstić information content (AvgIpc) is 2.81. The summed E-state index contributed by atoms with van der Waals surface area (Å²) in [5.74, 6) is -8.01. The van der Waals surface area contributed by atoms with E-state index in [1.807, 2.05) is 6.08 Å². The molecule has 2 aromatic rings. The third-order valence-electron chi connectivity index (χ3n) is 7.20. The van der Waals surface area contributed by atoms with Crippen molar-refractivity contribution in [3.05, 3.63) is 70.6 Å². The van der Waals surface area contributed by atoms with Gasteiger partial charge in [-0.05, 0) is 74.8 Å². The van der Waals surface area contributed by atoms with Crippen LogP contribution in [0.25, 0.3) is 5.57 Å². The number of halogens is 7. The van der Waals surface area contributed by atoms with Crippen LogP contribution in [0.3, 0.4) is 0 Å². The molecule has 1 nitrogen and oxygen atoms in total. The first-order valence-electron chi connectivity index (χ1n) is 11.4. The van der Waals surface area contributed by atoms with Gasteiger partial charge in [-0.2, -0.15) is 8.78 Å². The first-order valence-corrected chi connectivity index (χ1v) is 11.4. The molecule has 34 heavy (non-hydrogen) atoms. The summed E-state index contributed by atoms with van der Waals surface area (Å²) < 4.78 is 102. The number of hydrogen-bond acceptors (Lipinski definition) is 1. The smallest absolute Gasteiger partial charge is 0.400 e. The summed E-state index contributed by atoms with van der Waals surface area (Å²) in [6.45, 7) is 1.51. The highest BCUT2D eigenvalue weighted by molar-refractivity contribution is 5.67. The lowest BCUT2D eigenvalue weighted by Gasteiger charge is -2.37. The summed E-state index contributed by atoms with van der Waals surface area (Å²) in [6.07, 6.45) is 1.72. The fourth-order valence-corrected chi connectivity index (χ4v) is 5.18. The number of allylic oxidation sites excluding steroid dienone is 2. The summed E-state index contributed by atoms with van der Waals surface area (Å²) in [4.78, 5) is 0. The van der Waals surface area contributed by atoms with Gasteiger partial charge in [0.25, 0.3) is 0 Å². The minimum Gasteiger partial charge on any atom is -0.432 e. The maximum Gasteiger partial charge on any atom is 0.400 e. The fraction of sp³-hybridized carbons (Fsp3) is 0.462. The van der Waals surface area contributed by atoms with Gasteiger partial charge >= 0.3 is 6.11 Å². The third kappa shape index (κ3) is 4.96. The second kappa shape index (κ2) is 9.62. The molecule has 2 aliphatic carbocycles. The predicted molar refractivity (Wildman–Crippen MR) is 114 cm³/mol. The number of alkyl halides is 2. The molecule has 4 rings (SSSR count). The second-order valence-corrected chi connectivity index (χ2v) is 9.30. The molecule has 0 saturated heterocycles. The minimum absolute atomic E-state index is 0.175. The maximum absolute atomic E-state index is 14.6. The van der Waals surface area contributed by atoms with E-state index in [1.54, 1.807) is 12.1 Å². The van der Waals surface area contributed by atoms with Gasteiger partial charge < -0.3 is 4.74 Å². The standard InChI is InChI=1S/C26H25F7O/c1-14-2-11-20(24(30)23(14)29)17-5-3-15(4-6-17)16-7-9-18(10-8-16)26(32,33)34-19-12-21(27)25(31)22(28)13-19/h2,5,11-13,15-16,18H,3-4,6-10H2,1H3. The van der Waals surface area contributed by atoms with Gasteiger partial charge in [-0.3, -0.25) is 0 Å². The van der Waals surface area contributed by atoms with Crippen LogP contribution in [0.1, 0.15) is 56.1 Å². The van der Waals surface area contributed by atoms with E-state index in [0.29, 0.717) is 37.8 Å². The molecule has 0 spiro atoms. The average molecular weight is 486 g/mol. The van der Waals surface area contributed by atoms with Crippen LogP contribution in [0.2, 0.25) is 0 Å². The lowest BCUT2D eigenvalue weighted by atomic mass is 9.70. The zero-order chi connectivity index (χ0) is 24.6. The second-order valence-electron chi connectivity index (χ2n) is 9.30. The molecule has 8 heteroatoms. The van der Waals surface area contributed by atoms with E-state index in [4.69, 9.17) is 0 Å². The number of hydrogen-bond donors (Lipinski definition) is 0. The van der Waals surface area contributed by atoms with E-state index in [9.17, 15) is 30.7 Å². The number of ether oxygens (including phenoxy) is 1. The molecule has 1 unspecified atom stereocenters. The Bertz CT molecular complexity index is 1060. The summed E-state index contributed by atoms with van der Waals surface area (Å²) in [5.41, 5.74) is 1.29. The molecule has 0 N–H and O–H groups in total. The maximum atomic E-state index is 14.6. The number of rotatable bonds is 5. The van der Waals surface area contributed by atoms with Gasteiger partial charge in [-0.25, -0.2) is 22.0 Å². The van der Waals surface area contributed by atoms with Crippen LogP contribution in [0, 0.1) is 53.8 Å². The minimum atomic E-state index is -3.64. The van der Waals surface area contributed by atoms with Gasteiger partial charge in [0.05, 0.1) is 5.92 Å². The van der Waals surface area contributed by atoms with Gasteiger partial charge in [0.2, 0.25) is 0 Å². The summed E-state index contributed by atoms with van der Waals surface area (Å²) in [6, 6.07) is 3.96. The summed E-state index contributed by atoms with van der Waals surface area (Å²) in [7, 11) is 0. The van der Waals surface area contributed by atoms with E-state index < -0.39 is 46.9 Å². The van der Waals surface area contributed by atoms with Crippen molar-refractivity contribution in [3.63, 3.8) is 0 Å². The topological polar surface area (TPSA) is 9.23 Å². The van der Waals surface area contributed by atoms with Gasteiger partial charge in [0.15, 0.2) is 29.1 Å². The van der Waals surface area contributed by atoms with E-state index in [1.165, 1.54) is 6.92 Å². The Kier molecular flexibility index (Phi) is 6.97. The normalized spacial score (nSPS) is 23.5. The van der Waals surface area contributed by atoms with Crippen LogP contribution in [0.15, 0.2) is 30.3 Å². The molecular formula is C26H25F7O. The van der Waals surface area contributed by atoms with Gasteiger partial charge in [0.1, 0.15) is 5.75 Å². The van der Waals surface area contributed by atoms with Gasteiger partial charge in [-0.1, -0.05) is 18.2 Å². The Morgan fingerprint density at radius 2 is 1.44 bits per heavy atom. The molecule has 0 aromatic heterocycles. The number of benzene rings is 2. The van der Waals surface area contributed by atoms with Crippen molar-refractivity contribution in [1.29, 1.82) is 0 Å². The molecule has 2 aliphatic rings. The highest BCUT2D eigenvalue weighted by Gasteiger charge is 2.45. The highest BCUT2D eigenvalue weighted by Crippen LogP contribution is 2.45. The molecule has 0 radical (unpaired) electrons. The van der Waals surface area contributed by atoms with Crippen LogP contribution < -0.4 is 4.74 Å². The largest absolute Gasteiger partial charge is 0.432 e. The van der Waals surface area contributed by atoms with Crippen molar-refractivity contribution in [2.24, 2.45) is 17.8 Å². The van der Waals surface area contributed by atoms with Crippen LogP contribution >= 0.6 is 0 Å². The van der Waals surface area contributed by atoms with Crippen molar-refractivity contribution in [3.8, 4) is 5.75 Å². The summed E-state index contributed by atoms with van der Waals surface area (Å²) in [5, 5.41) is 0. The molecule has 0 aliphatic heterocycles. The molecule has 1 fully saturated rings. The van der Waals surface area contributed by atoms with Crippen molar-refractivity contribution in [1.82, 2.24) is 0 Å². The zero-order valence-electron chi connectivity index (χ0n) is 18.6. The molecule has 0 heterocycles. The Morgan fingerprint density at radius 3 is 2.03 bits per heavy atom. The Morgan fingerprint density at radius 1 is 0.794 bits per heavy atom. The molecule has 0 amide bonds. The van der Waals surface area contributed by atoms with Crippen molar-refractivity contribution < 1.29 is 35.5 Å². The fourth-order valence-electron chi connectivity index (χ4n) is 5.18. The SMILES string of the molecule is Cc1ccc(C2=CCC(C3CCC(C(F)(F)Oc4cc(F)c(F)c(F)c4)CC3)CC2)c(F)c1F. The highest BCUT2D eigenvalue weighted by atomic mass is 19.3. The number of aryl methyl sites for hydroxylation is 1. The molecule has 2 aromatic carbocycles.